The van der Waals surface area contributed by atoms with E-state index in [0.29, 0.717) is 18.5 Å². The lowest BCUT2D eigenvalue weighted by molar-refractivity contribution is -0.142. The van der Waals surface area contributed by atoms with Crippen molar-refractivity contribution in [3.63, 3.8) is 0 Å². The van der Waals surface area contributed by atoms with Gasteiger partial charge in [-0.25, -0.2) is 9.97 Å². The topological polar surface area (TPSA) is 44.2 Å². The van der Waals surface area contributed by atoms with Gasteiger partial charge in [0.1, 0.15) is 0 Å². The molecule has 0 saturated carbocycles. The smallest absolute Gasteiger partial charge is 0.438 e. The summed E-state index contributed by atoms with van der Waals surface area (Å²) in [4.78, 5) is 7.50. The Morgan fingerprint density at radius 1 is 1.05 bits per heavy atom. The molecule has 0 fully saturated rings. The number of methoxy groups -OCH3 is 1. The van der Waals surface area contributed by atoms with Crippen LogP contribution in [0.4, 0.5) is 13.2 Å². The summed E-state index contributed by atoms with van der Waals surface area (Å²) in [5.74, 6) is -0.493. The molecule has 0 aliphatic rings. The third-order valence-electron chi connectivity index (χ3n) is 2.54. The molecule has 0 aliphatic carbocycles. The molecule has 1 aromatic carbocycles. The second-order valence-corrected chi connectivity index (χ2v) is 4.06. The molecule has 2 rings (SSSR count). The van der Waals surface area contributed by atoms with E-state index in [9.17, 15) is 13.2 Å². The van der Waals surface area contributed by atoms with Crippen molar-refractivity contribution in [2.24, 2.45) is 0 Å². The van der Waals surface area contributed by atoms with Crippen molar-refractivity contribution in [1.29, 1.82) is 0 Å². The Balaban J connectivity index is 2.34. The van der Waals surface area contributed by atoms with Crippen LogP contribution in [0.2, 0.25) is 0 Å². The molecular formula is C13H13F3N2O2. The molecule has 0 unspecified atom stereocenters. The van der Waals surface area contributed by atoms with Gasteiger partial charge in [-0.2, -0.15) is 13.2 Å². The van der Waals surface area contributed by atoms with Crippen molar-refractivity contribution < 1.29 is 22.6 Å². The second-order valence-electron chi connectivity index (χ2n) is 4.06. The van der Waals surface area contributed by atoms with E-state index in [-0.39, 0.29) is 12.1 Å². The van der Waals surface area contributed by atoms with Crippen LogP contribution >= 0.6 is 0 Å². The van der Waals surface area contributed by atoms with Gasteiger partial charge < -0.3 is 9.47 Å². The lowest BCUT2D eigenvalue weighted by atomic mass is 10.3. The predicted octanol–water partition coefficient (Wildman–Crippen LogP) is 3.06. The number of ether oxygens (including phenoxy) is 2. The molecule has 108 valence electrons. The average molecular weight is 286 g/mol. The zero-order valence-corrected chi connectivity index (χ0v) is 10.8. The fourth-order valence-electron chi connectivity index (χ4n) is 1.64. The number of para-hydroxylation sites is 2. The van der Waals surface area contributed by atoms with E-state index in [4.69, 9.17) is 9.47 Å². The Morgan fingerprint density at radius 2 is 1.70 bits per heavy atom. The van der Waals surface area contributed by atoms with E-state index in [0.717, 1.165) is 0 Å². The molecule has 0 amide bonds. The molecule has 2 aromatic rings. The number of alkyl halides is 3. The molecule has 4 nitrogen and oxygen atoms in total. The van der Waals surface area contributed by atoms with Crippen molar-refractivity contribution in [2.75, 3.05) is 20.3 Å². The number of fused-ring (bicyclic) bond motifs is 1. The highest BCUT2D eigenvalue weighted by atomic mass is 19.4. The monoisotopic (exact) mass is 286 g/mol. The normalized spacial score (nSPS) is 11.8. The summed E-state index contributed by atoms with van der Waals surface area (Å²) in [6.45, 7) is 0.492. The van der Waals surface area contributed by atoms with Crippen LogP contribution < -0.4 is 4.74 Å². The van der Waals surface area contributed by atoms with Crippen LogP contribution in [-0.4, -0.2) is 30.3 Å². The summed E-state index contributed by atoms with van der Waals surface area (Å²) in [6.07, 6.45) is -4.13. The molecule has 0 atom stereocenters. The van der Waals surface area contributed by atoms with Gasteiger partial charge >= 0.3 is 6.18 Å². The van der Waals surface area contributed by atoms with E-state index in [1.54, 1.807) is 18.2 Å². The Morgan fingerprint density at radius 3 is 2.30 bits per heavy atom. The molecule has 0 saturated heterocycles. The van der Waals surface area contributed by atoms with E-state index < -0.39 is 17.8 Å². The fraction of sp³-hybridized carbons (Fsp3) is 0.385. The maximum Gasteiger partial charge on any atom is 0.438 e. The van der Waals surface area contributed by atoms with Crippen molar-refractivity contribution in [3.05, 3.63) is 30.0 Å². The number of hydrogen-bond donors (Lipinski definition) is 0. The molecule has 7 heteroatoms. The molecular weight excluding hydrogens is 273 g/mol. The highest BCUT2D eigenvalue weighted by Crippen LogP contribution is 2.34. The number of halogens is 3. The van der Waals surface area contributed by atoms with Gasteiger partial charge in [-0.05, 0) is 12.1 Å². The zero-order valence-electron chi connectivity index (χ0n) is 10.8. The summed E-state index contributed by atoms with van der Waals surface area (Å²) < 4.78 is 48.7. The van der Waals surface area contributed by atoms with Gasteiger partial charge in [-0.1, -0.05) is 12.1 Å². The molecule has 0 N–H and O–H groups in total. The minimum atomic E-state index is -4.60. The van der Waals surface area contributed by atoms with E-state index in [2.05, 4.69) is 9.97 Å². The third kappa shape index (κ3) is 3.36. The van der Waals surface area contributed by atoms with Crippen molar-refractivity contribution >= 4 is 11.0 Å². The minimum absolute atomic E-state index is 0.0872. The molecule has 0 aliphatic heterocycles. The van der Waals surface area contributed by atoms with Crippen LogP contribution in [0.3, 0.4) is 0 Å². The zero-order chi connectivity index (χ0) is 14.6. The lowest BCUT2D eigenvalue weighted by Gasteiger charge is -2.12. The molecule has 0 spiro atoms. The van der Waals surface area contributed by atoms with E-state index in [1.165, 1.54) is 13.2 Å². The summed E-state index contributed by atoms with van der Waals surface area (Å²) in [5.41, 5.74) is -0.556. The largest absolute Gasteiger partial charge is 0.476 e. The van der Waals surface area contributed by atoms with Gasteiger partial charge in [0.2, 0.25) is 11.6 Å². The molecule has 1 heterocycles. The van der Waals surface area contributed by atoms with Gasteiger partial charge in [0.05, 0.1) is 17.6 Å². The van der Waals surface area contributed by atoms with Gasteiger partial charge in [0.25, 0.3) is 0 Å². The summed E-state index contributed by atoms with van der Waals surface area (Å²) >= 11 is 0. The number of nitrogens with zero attached hydrogens (tertiary/aromatic N) is 2. The Hall–Kier alpha value is -1.89. The molecule has 20 heavy (non-hydrogen) atoms. The highest BCUT2D eigenvalue weighted by Gasteiger charge is 2.38. The Bertz CT molecular complexity index is 587. The van der Waals surface area contributed by atoms with Crippen LogP contribution in [0.15, 0.2) is 24.3 Å². The van der Waals surface area contributed by atoms with Gasteiger partial charge in [-0.15, -0.1) is 0 Å². The van der Waals surface area contributed by atoms with Crippen LogP contribution in [-0.2, 0) is 10.9 Å². The van der Waals surface area contributed by atoms with Crippen LogP contribution in [0.5, 0.6) is 5.88 Å². The first-order chi connectivity index (χ1) is 9.52. The minimum Gasteiger partial charge on any atom is -0.476 e. The van der Waals surface area contributed by atoms with E-state index >= 15 is 0 Å². The van der Waals surface area contributed by atoms with Gasteiger partial charge in [-0.3, -0.25) is 0 Å². The first kappa shape index (κ1) is 14.5. The first-order valence-corrected chi connectivity index (χ1v) is 5.98. The molecule has 0 bridgehead atoms. The maximum absolute atomic E-state index is 12.9. The SMILES string of the molecule is COCCCOc1nc2ccccc2nc1C(F)(F)F. The summed E-state index contributed by atoms with van der Waals surface area (Å²) in [7, 11) is 1.51. The predicted molar refractivity (Wildman–Crippen MR) is 66.5 cm³/mol. The standard InChI is InChI=1S/C13H13F3N2O2/c1-19-7-4-8-20-12-11(13(14,15)16)17-9-5-2-3-6-10(9)18-12/h2-3,5-6H,4,7-8H2,1H3. The Kier molecular flexibility index (Phi) is 4.39. The van der Waals surface area contributed by atoms with Crippen molar-refractivity contribution in [2.45, 2.75) is 12.6 Å². The van der Waals surface area contributed by atoms with Crippen molar-refractivity contribution in [3.8, 4) is 5.88 Å². The van der Waals surface area contributed by atoms with Crippen molar-refractivity contribution in [1.82, 2.24) is 9.97 Å². The Labute approximate surface area is 113 Å². The number of rotatable bonds is 5. The first-order valence-electron chi connectivity index (χ1n) is 5.98. The van der Waals surface area contributed by atoms with Crippen LogP contribution in [0.25, 0.3) is 11.0 Å². The second kappa shape index (κ2) is 6.04. The van der Waals surface area contributed by atoms with Gasteiger partial charge in [0.15, 0.2) is 0 Å². The summed E-state index contributed by atoms with van der Waals surface area (Å²) in [5, 5.41) is 0. The number of hydrogen-bond acceptors (Lipinski definition) is 4. The highest BCUT2D eigenvalue weighted by molar-refractivity contribution is 5.74. The van der Waals surface area contributed by atoms with E-state index in [1.807, 2.05) is 0 Å². The average Bonchev–Trinajstić information content (AvgIpc) is 2.41. The number of benzene rings is 1. The lowest BCUT2D eigenvalue weighted by Crippen LogP contribution is -2.14. The summed E-state index contributed by atoms with van der Waals surface area (Å²) in [6, 6.07) is 6.35. The van der Waals surface area contributed by atoms with Crippen LogP contribution in [0.1, 0.15) is 12.1 Å². The fourth-order valence-corrected chi connectivity index (χ4v) is 1.64. The third-order valence-corrected chi connectivity index (χ3v) is 2.54. The molecule has 1 aromatic heterocycles. The molecule has 0 radical (unpaired) electrons. The van der Waals surface area contributed by atoms with Gasteiger partial charge in [0, 0.05) is 20.1 Å². The maximum atomic E-state index is 12.9. The quantitative estimate of drug-likeness (QED) is 0.792. The number of aromatic nitrogens is 2. The van der Waals surface area contributed by atoms with Crippen LogP contribution in [0, 0.1) is 0 Å².